The third-order valence-corrected chi connectivity index (χ3v) is 8.81. The van der Waals surface area contributed by atoms with Crippen molar-refractivity contribution in [3.05, 3.63) is 60.7 Å². The van der Waals surface area contributed by atoms with Crippen LogP contribution in [-0.4, -0.2) is 86.8 Å². The van der Waals surface area contributed by atoms with Crippen molar-refractivity contribution in [3.8, 4) is 0 Å². The van der Waals surface area contributed by atoms with Crippen LogP contribution in [0.15, 0.2) is 60.7 Å². The molecular formula is C32H46N6O2. The molecule has 0 spiro atoms. The van der Waals surface area contributed by atoms with E-state index in [1.807, 2.05) is 21.9 Å². The average Bonchev–Trinajstić information content (AvgIpc) is 2.96. The first-order valence-electron chi connectivity index (χ1n) is 14.9. The van der Waals surface area contributed by atoms with Gasteiger partial charge < -0.3 is 30.2 Å². The number of carbonyl (C=O) groups is 2. The van der Waals surface area contributed by atoms with Crippen LogP contribution in [0.2, 0.25) is 0 Å². The first-order valence-corrected chi connectivity index (χ1v) is 14.9. The van der Waals surface area contributed by atoms with Crippen molar-refractivity contribution in [2.45, 2.75) is 46.1 Å². The molecule has 0 unspecified atom stereocenters. The van der Waals surface area contributed by atoms with E-state index in [1.54, 1.807) is 0 Å². The Morgan fingerprint density at radius 3 is 1.68 bits per heavy atom. The summed E-state index contributed by atoms with van der Waals surface area (Å²) >= 11 is 0. The standard InChI is InChI=1S/C32H46N6O2/c1-31(2)22-26(34-30(40)38-20-16-36(17-21-38)28-12-8-5-9-13-28)23-32(3,24-31)25-33-29(39)37-18-14-35(15-19-37)27-10-6-4-7-11-27/h4-13,26H,14-25H2,1-3H3,(H,33,39)(H,34,40)/t26-,32+/m0/s1. The normalized spacial score (nSPS) is 24.9. The Labute approximate surface area is 239 Å². The van der Waals surface area contributed by atoms with Crippen molar-refractivity contribution in [2.24, 2.45) is 10.8 Å². The van der Waals surface area contributed by atoms with Gasteiger partial charge in [-0.25, -0.2) is 9.59 Å². The number of piperazine rings is 2. The van der Waals surface area contributed by atoms with Crippen LogP contribution in [-0.2, 0) is 0 Å². The molecule has 1 aliphatic carbocycles. The van der Waals surface area contributed by atoms with Crippen molar-refractivity contribution in [1.82, 2.24) is 20.4 Å². The molecule has 0 bridgehead atoms. The number of nitrogens with zero attached hydrogens (tertiary/aromatic N) is 4. The molecule has 1 saturated carbocycles. The molecule has 2 saturated heterocycles. The van der Waals surface area contributed by atoms with Gasteiger partial charge in [-0.3, -0.25) is 0 Å². The summed E-state index contributed by atoms with van der Waals surface area (Å²) in [6.45, 7) is 13.7. The summed E-state index contributed by atoms with van der Waals surface area (Å²) < 4.78 is 0. The van der Waals surface area contributed by atoms with Crippen molar-refractivity contribution in [2.75, 3.05) is 68.7 Å². The highest BCUT2D eigenvalue weighted by Crippen LogP contribution is 2.45. The number of hydrogen-bond acceptors (Lipinski definition) is 4. The number of para-hydroxylation sites is 2. The van der Waals surface area contributed by atoms with E-state index in [2.05, 4.69) is 89.7 Å². The highest BCUT2D eigenvalue weighted by Gasteiger charge is 2.42. The van der Waals surface area contributed by atoms with Gasteiger partial charge in [0.25, 0.3) is 0 Å². The average molecular weight is 547 g/mol. The van der Waals surface area contributed by atoms with Crippen LogP contribution in [0.5, 0.6) is 0 Å². The number of anilines is 2. The minimum atomic E-state index is -0.0762. The Kier molecular flexibility index (Phi) is 8.43. The van der Waals surface area contributed by atoms with Gasteiger partial charge in [-0.1, -0.05) is 57.2 Å². The lowest BCUT2D eigenvalue weighted by atomic mass is 9.62. The summed E-state index contributed by atoms with van der Waals surface area (Å²) in [6.07, 6.45) is 2.84. The SMILES string of the molecule is CC1(C)C[C@H](NC(=O)N2CCN(c3ccccc3)CC2)C[C@@](C)(CNC(=O)N2CCN(c3ccccc3)CC2)C1. The quantitative estimate of drug-likeness (QED) is 0.574. The molecule has 3 aliphatic rings. The number of urea groups is 2. The molecule has 0 radical (unpaired) electrons. The van der Waals surface area contributed by atoms with Crippen LogP contribution >= 0.6 is 0 Å². The van der Waals surface area contributed by atoms with E-state index >= 15 is 0 Å². The van der Waals surface area contributed by atoms with Crippen LogP contribution in [0.4, 0.5) is 21.0 Å². The summed E-state index contributed by atoms with van der Waals surface area (Å²) in [6, 6.07) is 21.0. The molecule has 2 aliphatic heterocycles. The van der Waals surface area contributed by atoms with Crippen molar-refractivity contribution < 1.29 is 9.59 Å². The summed E-state index contributed by atoms with van der Waals surface area (Å²) in [4.78, 5) is 34.9. The van der Waals surface area contributed by atoms with Gasteiger partial charge in [-0.05, 0) is 54.4 Å². The molecule has 2 heterocycles. The largest absolute Gasteiger partial charge is 0.368 e. The molecule has 2 N–H and O–H groups in total. The fourth-order valence-corrected chi connectivity index (χ4v) is 7.15. The Morgan fingerprint density at radius 2 is 1.18 bits per heavy atom. The van der Waals surface area contributed by atoms with Gasteiger partial charge in [0.15, 0.2) is 0 Å². The minimum absolute atomic E-state index is 0.0224. The highest BCUT2D eigenvalue weighted by atomic mass is 16.2. The molecule has 8 heteroatoms. The molecule has 0 aromatic heterocycles. The first kappa shape index (κ1) is 28.1. The third-order valence-electron chi connectivity index (χ3n) is 8.81. The molecule has 2 aromatic rings. The Morgan fingerprint density at radius 1 is 0.700 bits per heavy atom. The van der Waals surface area contributed by atoms with Gasteiger partial charge in [-0.2, -0.15) is 0 Å². The van der Waals surface area contributed by atoms with Crippen LogP contribution in [0.25, 0.3) is 0 Å². The number of hydrogen-bond donors (Lipinski definition) is 2. The lowest BCUT2D eigenvalue weighted by Crippen LogP contribution is -2.57. The van der Waals surface area contributed by atoms with E-state index in [0.29, 0.717) is 6.54 Å². The second-order valence-electron chi connectivity index (χ2n) is 13.0. The molecule has 8 nitrogen and oxygen atoms in total. The molecule has 5 rings (SSSR count). The number of carbonyl (C=O) groups excluding carboxylic acids is 2. The maximum absolute atomic E-state index is 13.2. The topological polar surface area (TPSA) is 71.2 Å². The monoisotopic (exact) mass is 546 g/mol. The number of amides is 4. The number of benzene rings is 2. The molecule has 2 atom stereocenters. The van der Waals surface area contributed by atoms with Gasteiger partial charge in [0.1, 0.15) is 0 Å². The van der Waals surface area contributed by atoms with E-state index in [-0.39, 0.29) is 28.9 Å². The summed E-state index contributed by atoms with van der Waals surface area (Å²) in [7, 11) is 0. The first-order chi connectivity index (χ1) is 19.2. The lowest BCUT2D eigenvalue weighted by molar-refractivity contribution is 0.0705. The Hall–Kier alpha value is -3.42. The minimum Gasteiger partial charge on any atom is -0.368 e. The predicted octanol–water partition coefficient (Wildman–Crippen LogP) is 4.64. The van der Waals surface area contributed by atoms with Gasteiger partial charge in [0.2, 0.25) is 0 Å². The van der Waals surface area contributed by atoms with Gasteiger partial charge in [-0.15, -0.1) is 0 Å². The van der Waals surface area contributed by atoms with E-state index in [1.165, 1.54) is 11.4 Å². The zero-order chi connectivity index (χ0) is 28.2. The van der Waals surface area contributed by atoms with Crippen LogP contribution in [0.3, 0.4) is 0 Å². The summed E-state index contributed by atoms with van der Waals surface area (Å²) in [5, 5.41) is 6.62. The van der Waals surface area contributed by atoms with E-state index in [0.717, 1.165) is 71.6 Å². The second kappa shape index (κ2) is 12.0. The zero-order valence-electron chi connectivity index (χ0n) is 24.4. The van der Waals surface area contributed by atoms with Crippen molar-refractivity contribution in [3.63, 3.8) is 0 Å². The van der Waals surface area contributed by atoms with E-state index < -0.39 is 0 Å². The molecular weight excluding hydrogens is 500 g/mol. The van der Waals surface area contributed by atoms with E-state index in [4.69, 9.17) is 0 Å². The number of nitrogens with one attached hydrogen (secondary N) is 2. The fourth-order valence-electron chi connectivity index (χ4n) is 7.15. The second-order valence-corrected chi connectivity index (χ2v) is 13.0. The van der Waals surface area contributed by atoms with Gasteiger partial charge in [0, 0.05) is 76.3 Å². The maximum Gasteiger partial charge on any atom is 0.317 e. The molecule has 40 heavy (non-hydrogen) atoms. The van der Waals surface area contributed by atoms with Crippen LogP contribution < -0.4 is 20.4 Å². The smallest absolute Gasteiger partial charge is 0.317 e. The molecule has 2 aromatic carbocycles. The van der Waals surface area contributed by atoms with Crippen LogP contribution in [0.1, 0.15) is 40.0 Å². The van der Waals surface area contributed by atoms with Crippen molar-refractivity contribution >= 4 is 23.4 Å². The Bertz CT molecular complexity index is 1130. The van der Waals surface area contributed by atoms with Gasteiger partial charge >= 0.3 is 12.1 Å². The fraction of sp³-hybridized carbons (Fsp3) is 0.562. The van der Waals surface area contributed by atoms with Crippen LogP contribution in [0, 0.1) is 10.8 Å². The predicted molar refractivity (Wildman–Crippen MR) is 162 cm³/mol. The Balaban J connectivity index is 1.10. The molecule has 3 fully saturated rings. The number of rotatable bonds is 5. The van der Waals surface area contributed by atoms with Crippen molar-refractivity contribution in [1.29, 1.82) is 0 Å². The highest BCUT2D eigenvalue weighted by molar-refractivity contribution is 5.75. The summed E-state index contributed by atoms with van der Waals surface area (Å²) in [5.74, 6) is 0. The zero-order valence-corrected chi connectivity index (χ0v) is 24.4. The lowest BCUT2D eigenvalue weighted by Gasteiger charge is -2.47. The third kappa shape index (κ3) is 7.01. The molecule has 4 amide bonds. The summed E-state index contributed by atoms with van der Waals surface area (Å²) in [5.41, 5.74) is 2.44. The van der Waals surface area contributed by atoms with E-state index in [9.17, 15) is 9.59 Å². The van der Waals surface area contributed by atoms with Gasteiger partial charge in [0.05, 0.1) is 0 Å². The molecule has 216 valence electrons. The maximum atomic E-state index is 13.2.